The molecule has 0 spiro atoms. The van der Waals surface area contributed by atoms with Crippen LogP contribution in [0.3, 0.4) is 0 Å². The van der Waals surface area contributed by atoms with Gasteiger partial charge in [-0.25, -0.2) is 4.79 Å². The molecule has 0 bridgehead atoms. The van der Waals surface area contributed by atoms with E-state index < -0.39 is 11.5 Å². The van der Waals surface area contributed by atoms with Crippen LogP contribution in [0.1, 0.15) is 10.4 Å². The van der Waals surface area contributed by atoms with E-state index in [0.29, 0.717) is 28.9 Å². The molecule has 0 aliphatic carbocycles. The van der Waals surface area contributed by atoms with Gasteiger partial charge in [0.15, 0.2) is 4.80 Å². The Balaban J connectivity index is 1.71. The third-order valence-electron chi connectivity index (χ3n) is 5.16. The fraction of sp³-hybridized carbons (Fsp3) is 0.125. The maximum absolute atomic E-state index is 13.0. The smallest absolute Gasteiger partial charge is 0.349 e. The molecule has 2 aromatic heterocycles. The molecule has 0 aliphatic heterocycles. The first-order valence-electron chi connectivity index (χ1n) is 9.78. The normalized spacial score (nSPS) is 12.2. The van der Waals surface area contributed by atoms with E-state index in [4.69, 9.17) is 9.15 Å². The van der Waals surface area contributed by atoms with Crippen LogP contribution in [0.2, 0.25) is 0 Å². The first kappa shape index (κ1) is 19.4. The molecule has 2 heterocycles. The molecule has 0 saturated carbocycles. The lowest BCUT2D eigenvalue weighted by Crippen LogP contribution is -2.21. The van der Waals surface area contributed by atoms with Gasteiger partial charge in [-0.3, -0.25) is 4.79 Å². The summed E-state index contributed by atoms with van der Waals surface area (Å²) in [5.74, 6) is -0.624. The van der Waals surface area contributed by atoms with E-state index in [0.717, 1.165) is 21.0 Å². The van der Waals surface area contributed by atoms with Gasteiger partial charge < -0.3 is 13.7 Å². The van der Waals surface area contributed by atoms with Gasteiger partial charge >= 0.3 is 5.63 Å². The Bertz CT molecular complexity index is 1580. The van der Waals surface area contributed by atoms with Gasteiger partial charge in [0.2, 0.25) is 0 Å². The van der Waals surface area contributed by atoms with Crippen molar-refractivity contribution in [2.45, 2.75) is 6.54 Å². The first-order chi connectivity index (χ1) is 15.2. The summed E-state index contributed by atoms with van der Waals surface area (Å²) in [5, 5.41) is 2.88. The molecule has 0 aliphatic rings. The molecule has 0 saturated heterocycles. The van der Waals surface area contributed by atoms with Crippen LogP contribution in [0.15, 0.2) is 80.9 Å². The zero-order chi connectivity index (χ0) is 21.4. The Morgan fingerprint density at radius 3 is 2.68 bits per heavy atom. The van der Waals surface area contributed by atoms with Crippen LogP contribution in [-0.4, -0.2) is 24.2 Å². The molecule has 0 atom stereocenters. The highest BCUT2D eigenvalue weighted by molar-refractivity contribution is 7.17. The van der Waals surface area contributed by atoms with Crippen molar-refractivity contribution in [3.8, 4) is 0 Å². The molecule has 5 rings (SSSR count). The number of hydrogen-bond donors (Lipinski definition) is 0. The summed E-state index contributed by atoms with van der Waals surface area (Å²) in [7, 11) is 1.63. The fourth-order valence-corrected chi connectivity index (χ4v) is 4.83. The quantitative estimate of drug-likeness (QED) is 0.397. The Morgan fingerprint density at radius 1 is 1.06 bits per heavy atom. The Hall–Kier alpha value is -3.55. The molecule has 0 fully saturated rings. The highest BCUT2D eigenvalue weighted by Crippen LogP contribution is 2.27. The Kier molecular flexibility index (Phi) is 4.97. The number of methoxy groups -OCH3 is 1. The van der Waals surface area contributed by atoms with Crippen LogP contribution in [0.25, 0.3) is 32.0 Å². The predicted molar refractivity (Wildman–Crippen MR) is 122 cm³/mol. The van der Waals surface area contributed by atoms with Gasteiger partial charge in [-0.1, -0.05) is 59.9 Å². The first-order valence-corrected chi connectivity index (χ1v) is 10.6. The molecule has 5 aromatic rings. The molecule has 154 valence electrons. The molecule has 3 aromatic carbocycles. The molecule has 0 N–H and O–H groups in total. The number of hydrogen-bond acceptors (Lipinski definition) is 5. The highest BCUT2D eigenvalue weighted by atomic mass is 32.1. The van der Waals surface area contributed by atoms with E-state index >= 15 is 0 Å². The van der Waals surface area contributed by atoms with E-state index in [1.165, 1.54) is 17.4 Å². The summed E-state index contributed by atoms with van der Waals surface area (Å²) in [6.45, 7) is 1.01. The maximum Gasteiger partial charge on any atom is 0.349 e. The topological polar surface area (TPSA) is 73.8 Å². The number of carbonyl (C=O) groups excluding carboxylic acids is 1. The summed E-state index contributed by atoms with van der Waals surface area (Å²) in [5.41, 5.74) is 0.632. The van der Waals surface area contributed by atoms with Crippen LogP contribution < -0.4 is 10.4 Å². The van der Waals surface area contributed by atoms with Crippen LogP contribution in [0, 0.1) is 0 Å². The number of fused-ring (bicyclic) bond motifs is 4. The van der Waals surface area contributed by atoms with Gasteiger partial charge in [0, 0.05) is 24.4 Å². The molecular weight excluding hydrogens is 412 g/mol. The van der Waals surface area contributed by atoms with Gasteiger partial charge in [0.05, 0.1) is 16.8 Å². The zero-order valence-corrected chi connectivity index (χ0v) is 17.5. The second-order valence-electron chi connectivity index (χ2n) is 7.07. The van der Waals surface area contributed by atoms with Crippen LogP contribution in [0.5, 0.6) is 0 Å². The molecule has 1 amide bonds. The summed E-state index contributed by atoms with van der Waals surface area (Å²) in [4.78, 5) is 30.2. The van der Waals surface area contributed by atoms with Gasteiger partial charge in [-0.15, -0.1) is 0 Å². The number of benzene rings is 3. The van der Waals surface area contributed by atoms with Crippen molar-refractivity contribution >= 4 is 49.2 Å². The van der Waals surface area contributed by atoms with Crippen LogP contribution >= 0.6 is 11.3 Å². The van der Waals surface area contributed by atoms with Crippen molar-refractivity contribution in [1.82, 2.24) is 4.57 Å². The monoisotopic (exact) mass is 430 g/mol. The predicted octanol–water partition coefficient (Wildman–Crippen LogP) is 4.35. The summed E-state index contributed by atoms with van der Waals surface area (Å²) < 4.78 is 13.5. The molecule has 0 unspecified atom stereocenters. The largest absolute Gasteiger partial charge is 0.422 e. The van der Waals surface area contributed by atoms with E-state index in [9.17, 15) is 9.59 Å². The molecule has 7 heteroatoms. The molecular formula is C24H18N2O4S. The maximum atomic E-state index is 13.0. The summed E-state index contributed by atoms with van der Waals surface area (Å²) in [6.07, 6.45) is 0. The minimum Gasteiger partial charge on any atom is -0.422 e. The van der Waals surface area contributed by atoms with E-state index in [1.807, 2.05) is 28.8 Å². The zero-order valence-electron chi connectivity index (χ0n) is 16.7. The lowest BCUT2D eigenvalue weighted by atomic mass is 10.1. The van der Waals surface area contributed by atoms with Gasteiger partial charge in [0.1, 0.15) is 11.1 Å². The van der Waals surface area contributed by atoms with Gasteiger partial charge in [0.25, 0.3) is 5.91 Å². The van der Waals surface area contributed by atoms with Crippen molar-refractivity contribution < 1.29 is 13.9 Å². The molecule has 31 heavy (non-hydrogen) atoms. The number of carbonyl (C=O) groups is 1. The summed E-state index contributed by atoms with van der Waals surface area (Å²) in [6, 6.07) is 20.8. The number of thiazole rings is 1. The third kappa shape index (κ3) is 3.48. The number of amides is 1. The number of para-hydroxylation sites is 1. The average molecular weight is 430 g/mol. The van der Waals surface area contributed by atoms with Gasteiger partial charge in [-0.2, -0.15) is 4.99 Å². The van der Waals surface area contributed by atoms with Crippen molar-refractivity contribution in [2.75, 3.05) is 13.7 Å². The lowest BCUT2D eigenvalue weighted by molar-refractivity contribution is 0.0994. The number of aromatic nitrogens is 1. The van der Waals surface area contributed by atoms with Crippen molar-refractivity contribution in [2.24, 2.45) is 4.99 Å². The SMILES string of the molecule is COCCn1c(=NC(=O)c2cc3ccccc3oc2=O)sc2c3ccccc3ccc21. The minimum absolute atomic E-state index is 0.0840. The average Bonchev–Trinajstić information content (AvgIpc) is 3.14. The number of ether oxygens (including phenoxy) is 1. The standard InChI is InChI=1S/C24H18N2O4S/c1-29-13-12-26-19-11-10-15-6-2-4-8-17(15)21(19)31-24(26)25-22(27)18-14-16-7-3-5-9-20(16)30-23(18)28/h2-11,14H,12-13H2,1H3. The Labute approximate surface area is 180 Å². The van der Waals surface area contributed by atoms with Crippen molar-refractivity contribution in [1.29, 1.82) is 0 Å². The van der Waals surface area contributed by atoms with Crippen molar-refractivity contribution in [3.05, 3.63) is 87.5 Å². The number of rotatable bonds is 4. The second-order valence-corrected chi connectivity index (χ2v) is 8.04. The highest BCUT2D eigenvalue weighted by Gasteiger charge is 2.15. The van der Waals surface area contributed by atoms with Crippen LogP contribution in [-0.2, 0) is 11.3 Å². The second kappa shape index (κ2) is 7.94. The van der Waals surface area contributed by atoms with Gasteiger partial charge in [-0.05, 0) is 23.6 Å². The number of nitrogens with zero attached hydrogens (tertiary/aromatic N) is 2. The van der Waals surface area contributed by atoms with E-state index in [2.05, 4.69) is 23.2 Å². The lowest BCUT2D eigenvalue weighted by Gasteiger charge is -2.05. The van der Waals surface area contributed by atoms with Crippen LogP contribution in [0.4, 0.5) is 0 Å². The third-order valence-corrected chi connectivity index (χ3v) is 6.29. The summed E-state index contributed by atoms with van der Waals surface area (Å²) >= 11 is 1.42. The van der Waals surface area contributed by atoms with E-state index in [-0.39, 0.29) is 5.56 Å². The molecule has 0 radical (unpaired) electrons. The van der Waals surface area contributed by atoms with E-state index in [1.54, 1.807) is 25.3 Å². The minimum atomic E-state index is -0.692. The fourth-order valence-electron chi connectivity index (χ4n) is 3.64. The van der Waals surface area contributed by atoms with Crippen molar-refractivity contribution in [3.63, 3.8) is 0 Å². The Morgan fingerprint density at radius 2 is 1.84 bits per heavy atom. The molecule has 6 nitrogen and oxygen atoms in total.